The Morgan fingerprint density at radius 2 is 1.38 bits per heavy atom. The molecule has 166 valence electrons. The summed E-state index contributed by atoms with van der Waals surface area (Å²) in [6.45, 7) is 1.94. The van der Waals surface area contributed by atoms with Crippen LogP contribution >= 0.6 is 12.2 Å². The number of azo groups is 1. The van der Waals surface area contributed by atoms with Crippen molar-refractivity contribution in [2.45, 2.75) is 13.0 Å². The number of aryl methyl sites for hydroxylation is 1. The van der Waals surface area contributed by atoms with Gasteiger partial charge in [-0.25, -0.2) is 0 Å². The number of fused-ring (bicyclic) bond motifs is 1. The minimum atomic E-state index is -1.36. The fourth-order valence-corrected chi connectivity index (χ4v) is 4.31. The molecule has 2 amide bonds. The molecular weight excluding hydrogens is 444 g/mol. The second-order valence-electron chi connectivity index (χ2n) is 7.95. The maximum atomic E-state index is 13.6. The fourth-order valence-electron chi connectivity index (χ4n) is 3.92. The fraction of sp³-hybridized carbons (Fsp3) is 0.0741. The monoisotopic (exact) mass is 464 g/mol. The van der Waals surface area contributed by atoms with Crippen LogP contribution in [0.25, 0.3) is 10.8 Å². The van der Waals surface area contributed by atoms with Crippen LogP contribution in [0.2, 0.25) is 0 Å². The van der Waals surface area contributed by atoms with Crippen LogP contribution in [0, 0.1) is 6.92 Å². The van der Waals surface area contributed by atoms with E-state index in [9.17, 15) is 9.59 Å². The highest BCUT2D eigenvalue weighted by Crippen LogP contribution is 2.30. The molecular formula is C27H20N4O2S. The second-order valence-corrected chi connectivity index (χ2v) is 8.32. The van der Waals surface area contributed by atoms with Crippen molar-refractivity contribution in [3.8, 4) is 0 Å². The zero-order valence-electron chi connectivity index (χ0n) is 18.3. The number of carbonyl (C=O) groups is 2. The van der Waals surface area contributed by atoms with Gasteiger partial charge in [0.1, 0.15) is 0 Å². The van der Waals surface area contributed by atoms with Gasteiger partial charge in [0, 0.05) is 0 Å². The molecule has 0 aromatic heterocycles. The molecule has 1 atom stereocenters. The van der Waals surface area contributed by atoms with E-state index in [0.29, 0.717) is 17.1 Å². The van der Waals surface area contributed by atoms with Gasteiger partial charge in [0.15, 0.2) is 5.11 Å². The molecule has 0 unspecified atom stereocenters. The summed E-state index contributed by atoms with van der Waals surface area (Å²) in [7, 11) is 0. The van der Waals surface area contributed by atoms with Crippen molar-refractivity contribution < 1.29 is 9.59 Å². The Morgan fingerprint density at radius 1 is 0.706 bits per heavy atom. The summed E-state index contributed by atoms with van der Waals surface area (Å²) in [5.41, 5.74) is 2.70. The SMILES string of the molecule is Cc1cccc(N=N[C@H]2C(=O)N(c3ccccc3)C(=S)N(c3ccc4ccccc4c3)C2=O)c1. The van der Waals surface area contributed by atoms with Gasteiger partial charge in [-0.1, -0.05) is 60.7 Å². The highest BCUT2D eigenvalue weighted by Gasteiger charge is 2.45. The van der Waals surface area contributed by atoms with Crippen molar-refractivity contribution in [3.05, 3.63) is 103 Å². The highest BCUT2D eigenvalue weighted by atomic mass is 32.1. The molecule has 0 aliphatic carbocycles. The smallest absolute Gasteiger partial charge is 0.269 e. The van der Waals surface area contributed by atoms with E-state index in [2.05, 4.69) is 10.2 Å². The molecule has 34 heavy (non-hydrogen) atoms. The van der Waals surface area contributed by atoms with Crippen molar-refractivity contribution >= 4 is 57.0 Å². The molecule has 1 saturated heterocycles. The van der Waals surface area contributed by atoms with E-state index in [-0.39, 0.29) is 5.11 Å². The van der Waals surface area contributed by atoms with E-state index in [1.165, 1.54) is 9.80 Å². The van der Waals surface area contributed by atoms with E-state index in [0.717, 1.165) is 16.3 Å². The quantitative estimate of drug-likeness (QED) is 0.212. The van der Waals surface area contributed by atoms with Gasteiger partial charge in [0.05, 0.1) is 17.1 Å². The summed E-state index contributed by atoms with van der Waals surface area (Å²) in [4.78, 5) is 29.8. The van der Waals surface area contributed by atoms with Gasteiger partial charge in [-0.3, -0.25) is 19.4 Å². The maximum Gasteiger partial charge on any atom is 0.269 e. The molecule has 6 nitrogen and oxygen atoms in total. The average molecular weight is 465 g/mol. The molecule has 1 heterocycles. The highest BCUT2D eigenvalue weighted by molar-refractivity contribution is 7.81. The molecule has 0 bridgehead atoms. The lowest BCUT2D eigenvalue weighted by Crippen LogP contribution is -2.62. The second kappa shape index (κ2) is 8.96. The number of hydrogen-bond acceptors (Lipinski definition) is 5. The predicted octanol–water partition coefficient (Wildman–Crippen LogP) is 5.97. The van der Waals surface area contributed by atoms with Gasteiger partial charge in [-0.05, 0) is 71.9 Å². The molecule has 1 fully saturated rings. The van der Waals surface area contributed by atoms with Crippen molar-refractivity contribution in [3.63, 3.8) is 0 Å². The minimum absolute atomic E-state index is 0.0819. The Balaban J connectivity index is 1.60. The molecule has 0 radical (unpaired) electrons. The Kier molecular flexibility index (Phi) is 5.69. The average Bonchev–Trinajstić information content (AvgIpc) is 2.84. The molecule has 4 aromatic rings. The number of anilines is 2. The number of hydrogen-bond donors (Lipinski definition) is 0. The Bertz CT molecular complexity index is 1450. The molecule has 0 spiro atoms. The van der Waals surface area contributed by atoms with Gasteiger partial charge >= 0.3 is 0 Å². The molecule has 4 aromatic carbocycles. The largest absolute Gasteiger partial charge is 0.271 e. The molecule has 1 aliphatic rings. The van der Waals surface area contributed by atoms with E-state index in [4.69, 9.17) is 12.2 Å². The summed E-state index contributed by atoms with van der Waals surface area (Å²) >= 11 is 5.68. The Morgan fingerprint density at radius 3 is 2.12 bits per heavy atom. The molecule has 0 N–H and O–H groups in total. The summed E-state index contributed by atoms with van der Waals surface area (Å²) in [6.07, 6.45) is 0. The molecule has 7 heteroatoms. The van der Waals surface area contributed by atoms with E-state index in [1.807, 2.05) is 85.8 Å². The number of rotatable bonds is 4. The summed E-state index contributed by atoms with van der Waals surface area (Å²) in [6, 6.07) is 28.5. The van der Waals surface area contributed by atoms with Crippen LogP contribution in [-0.4, -0.2) is 23.0 Å². The Labute approximate surface area is 202 Å². The van der Waals surface area contributed by atoms with Crippen molar-refractivity contribution in [2.75, 3.05) is 9.80 Å². The molecule has 5 rings (SSSR count). The van der Waals surface area contributed by atoms with Crippen molar-refractivity contribution in [2.24, 2.45) is 10.2 Å². The summed E-state index contributed by atoms with van der Waals surface area (Å²) in [5, 5.41) is 10.5. The number of amides is 2. The Hall–Kier alpha value is -4.23. The van der Waals surface area contributed by atoms with Crippen molar-refractivity contribution in [1.82, 2.24) is 0 Å². The first-order valence-corrected chi connectivity index (χ1v) is 11.2. The van der Waals surface area contributed by atoms with Gasteiger partial charge in [0.2, 0.25) is 6.04 Å². The number of thiocarbonyl (C=S) groups is 1. The van der Waals surface area contributed by atoms with Crippen LogP contribution in [0.4, 0.5) is 17.1 Å². The first kappa shape index (κ1) is 21.6. The summed E-state index contributed by atoms with van der Waals surface area (Å²) in [5.74, 6) is -1.07. The van der Waals surface area contributed by atoms with Gasteiger partial charge in [0.25, 0.3) is 11.8 Å². The number of carbonyl (C=O) groups excluding carboxylic acids is 2. The first-order valence-electron chi connectivity index (χ1n) is 10.8. The van der Waals surface area contributed by atoms with Gasteiger partial charge in [-0.2, -0.15) is 10.2 Å². The lowest BCUT2D eigenvalue weighted by atomic mass is 10.1. The zero-order chi connectivity index (χ0) is 23.7. The molecule has 1 aliphatic heterocycles. The third-order valence-electron chi connectivity index (χ3n) is 5.59. The number of benzene rings is 4. The normalized spacial score (nSPS) is 16.6. The zero-order valence-corrected chi connectivity index (χ0v) is 19.1. The van der Waals surface area contributed by atoms with Gasteiger partial charge in [-0.15, -0.1) is 0 Å². The lowest BCUT2D eigenvalue weighted by Gasteiger charge is -2.37. The van der Waals surface area contributed by atoms with Crippen LogP contribution in [0.1, 0.15) is 5.56 Å². The van der Waals surface area contributed by atoms with E-state index in [1.54, 1.807) is 18.2 Å². The number of nitrogens with zero attached hydrogens (tertiary/aromatic N) is 4. The van der Waals surface area contributed by atoms with Gasteiger partial charge < -0.3 is 0 Å². The number of para-hydroxylation sites is 1. The maximum absolute atomic E-state index is 13.6. The van der Waals surface area contributed by atoms with Crippen LogP contribution in [0.3, 0.4) is 0 Å². The summed E-state index contributed by atoms with van der Waals surface area (Å²) < 4.78 is 0. The van der Waals surface area contributed by atoms with Crippen molar-refractivity contribution in [1.29, 1.82) is 0 Å². The molecule has 0 saturated carbocycles. The van der Waals surface area contributed by atoms with E-state index >= 15 is 0 Å². The van der Waals surface area contributed by atoms with Crippen LogP contribution in [0.5, 0.6) is 0 Å². The lowest BCUT2D eigenvalue weighted by molar-refractivity contribution is -0.128. The predicted molar refractivity (Wildman–Crippen MR) is 137 cm³/mol. The van der Waals surface area contributed by atoms with Crippen LogP contribution in [0.15, 0.2) is 107 Å². The minimum Gasteiger partial charge on any atom is -0.271 e. The first-order chi connectivity index (χ1) is 16.5. The van der Waals surface area contributed by atoms with E-state index < -0.39 is 17.9 Å². The van der Waals surface area contributed by atoms with Crippen LogP contribution < -0.4 is 9.80 Å². The third kappa shape index (κ3) is 3.97. The van der Waals surface area contributed by atoms with Crippen LogP contribution in [-0.2, 0) is 9.59 Å². The standard InChI is InChI=1S/C27H20N4O2S/c1-18-8-7-11-21(16-18)28-29-24-25(32)30(22-12-3-2-4-13-22)27(34)31(26(24)33)23-15-14-19-9-5-6-10-20(19)17-23/h2-17,24H,1H3/t24-/m0/s1. The topological polar surface area (TPSA) is 65.3 Å². The third-order valence-corrected chi connectivity index (χ3v) is 5.95.